The van der Waals surface area contributed by atoms with E-state index in [0.717, 1.165) is 23.6 Å². The maximum Gasteiger partial charge on any atom is 0.192 e. The quantitative estimate of drug-likeness (QED) is 0.331. The molecule has 0 saturated heterocycles. The van der Waals surface area contributed by atoms with E-state index in [1.165, 1.54) is 10.9 Å². The maximum atomic E-state index is 4.73. The van der Waals surface area contributed by atoms with Crippen LogP contribution in [0.25, 0.3) is 10.8 Å². The zero-order valence-corrected chi connectivity index (χ0v) is 17.5. The van der Waals surface area contributed by atoms with Crippen molar-refractivity contribution >= 4 is 40.7 Å². The van der Waals surface area contributed by atoms with Gasteiger partial charge in [-0.2, -0.15) is 0 Å². The first-order valence-electron chi connectivity index (χ1n) is 8.70. The first-order chi connectivity index (χ1) is 12.3. The molecule has 0 aliphatic rings. The molecule has 2 N–H and O–H groups in total. The Morgan fingerprint density at radius 2 is 1.77 bits per heavy atom. The van der Waals surface area contributed by atoms with Crippen LogP contribution < -0.4 is 10.6 Å². The molecule has 1 unspecified atom stereocenters. The van der Waals surface area contributed by atoms with Crippen molar-refractivity contribution in [1.82, 2.24) is 15.6 Å². The summed E-state index contributed by atoms with van der Waals surface area (Å²) >= 11 is 0. The minimum absolute atomic E-state index is 0. The van der Waals surface area contributed by atoms with Gasteiger partial charge in [0.1, 0.15) is 0 Å². The van der Waals surface area contributed by atoms with Gasteiger partial charge in [-0.15, -0.1) is 24.0 Å². The van der Waals surface area contributed by atoms with E-state index in [1.54, 1.807) is 0 Å². The van der Waals surface area contributed by atoms with Crippen molar-refractivity contribution in [1.29, 1.82) is 0 Å². The molecule has 136 valence electrons. The van der Waals surface area contributed by atoms with Crippen LogP contribution in [0, 0.1) is 0 Å². The Hall–Kier alpha value is -2.15. The monoisotopic (exact) mass is 460 g/mol. The highest BCUT2D eigenvalue weighted by atomic mass is 127. The van der Waals surface area contributed by atoms with Gasteiger partial charge in [0.25, 0.3) is 0 Å². The standard InChI is InChI=1S/C21H24N4.HI/c1-3-22-21(25-16(2)17-9-5-4-6-10-17)24-15-20-19-12-8-7-11-18(19)13-14-23-20;/h4-14,16H,3,15H2,1-2H3,(H2,22,24,25);1H. The Labute approximate surface area is 172 Å². The number of fused-ring (bicyclic) bond motifs is 1. The highest BCUT2D eigenvalue weighted by Gasteiger charge is 2.08. The molecule has 5 heteroatoms. The van der Waals surface area contributed by atoms with E-state index in [2.05, 4.69) is 65.9 Å². The number of nitrogens with zero attached hydrogens (tertiary/aromatic N) is 2. The van der Waals surface area contributed by atoms with Crippen LogP contribution in [0.5, 0.6) is 0 Å². The van der Waals surface area contributed by atoms with Crippen LogP contribution in [0.4, 0.5) is 0 Å². The summed E-state index contributed by atoms with van der Waals surface area (Å²) in [5.74, 6) is 0.800. The molecule has 0 radical (unpaired) electrons. The molecule has 1 heterocycles. The molecule has 0 bridgehead atoms. The summed E-state index contributed by atoms with van der Waals surface area (Å²) in [5.41, 5.74) is 2.22. The van der Waals surface area contributed by atoms with Gasteiger partial charge in [-0.25, -0.2) is 4.99 Å². The average Bonchev–Trinajstić information content (AvgIpc) is 2.67. The Balaban J connectivity index is 0.00000243. The van der Waals surface area contributed by atoms with Crippen molar-refractivity contribution in [2.24, 2.45) is 4.99 Å². The zero-order chi connectivity index (χ0) is 17.5. The highest BCUT2D eigenvalue weighted by Crippen LogP contribution is 2.17. The zero-order valence-electron chi connectivity index (χ0n) is 15.1. The summed E-state index contributed by atoms with van der Waals surface area (Å²) in [6.07, 6.45) is 1.85. The van der Waals surface area contributed by atoms with E-state index >= 15 is 0 Å². The molecule has 1 atom stereocenters. The van der Waals surface area contributed by atoms with Gasteiger partial charge in [-0.3, -0.25) is 4.98 Å². The fourth-order valence-corrected chi connectivity index (χ4v) is 2.81. The lowest BCUT2D eigenvalue weighted by Crippen LogP contribution is -2.38. The third-order valence-electron chi connectivity index (χ3n) is 4.14. The highest BCUT2D eigenvalue weighted by molar-refractivity contribution is 14.0. The third-order valence-corrected chi connectivity index (χ3v) is 4.14. The molecule has 3 rings (SSSR count). The molecule has 2 aromatic carbocycles. The topological polar surface area (TPSA) is 49.3 Å². The molecule has 0 spiro atoms. The van der Waals surface area contributed by atoms with Crippen LogP contribution in [0.15, 0.2) is 71.9 Å². The van der Waals surface area contributed by atoms with Gasteiger partial charge in [0.05, 0.1) is 18.3 Å². The van der Waals surface area contributed by atoms with E-state index in [0.29, 0.717) is 6.54 Å². The molecule has 3 aromatic rings. The Morgan fingerprint density at radius 3 is 2.54 bits per heavy atom. The molecule has 0 saturated carbocycles. The molecular formula is C21H25IN4. The summed E-state index contributed by atoms with van der Waals surface area (Å²) in [6, 6.07) is 20.9. The first kappa shape index (κ1) is 20.2. The van der Waals surface area contributed by atoms with E-state index < -0.39 is 0 Å². The second kappa shape index (κ2) is 10.1. The second-order valence-electron chi connectivity index (χ2n) is 5.95. The van der Waals surface area contributed by atoms with Gasteiger partial charge in [-0.1, -0.05) is 54.6 Å². The first-order valence-corrected chi connectivity index (χ1v) is 8.70. The van der Waals surface area contributed by atoms with Crippen LogP contribution >= 0.6 is 24.0 Å². The molecule has 0 amide bonds. The van der Waals surface area contributed by atoms with Gasteiger partial charge in [0.15, 0.2) is 5.96 Å². The largest absolute Gasteiger partial charge is 0.357 e. The number of benzene rings is 2. The van der Waals surface area contributed by atoms with Crippen LogP contribution in [0.1, 0.15) is 31.1 Å². The smallest absolute Gasteiger partial charge is 0.192 e. The molecule has 0 fully saturated rings. The number of aromatic nitrogens is 1. The van der Waals surface area contributed by atoms with Gasteiger partial charge in [0.2, 0.25) is 0 Å². The number of halogens is 1. The van der Waals surface area contributed by atoms with Gasteiger partial charge in [0, 0.05) is 18.1 Å². The minimum atomic E-state index is 0. The minimum Gasteiger partial charge on any atom is -0.357 e. The summed E-state index contributed by atoms with van der Waals surface area (Å²) in [7, 11) is 0. The van der Waals surface area contributed by atoms with Crippen molar-refractivity contribution in [3.05, 3.63) is 78.1 Å². The summed E-state index contributed by atoms with van der Waals surface area (Å²) in [6.45, 7) is 5.56. The number of aliphatic imine (C=N–C) groups is 1. The normalized spacial score (nSPS) is 12.3. The molecule has 26 heavy (non-hydrogen) atoms. The predicted octanol–water partition coefficient (Wildman–Crippen LogP) is 4.67. The fourth-order valence-electron chi connectivity index (χ4n) is 2.81. The average molecular weight is 460 g/mol. The number of rotatable bonds is 5. The van der Waals surface area contributed by atoms with Crippen molar-refractivity contribution in [2.45, 2.75) is 26.4 Å². The number of nitrogens with one attached hydrogen (secondary N) is 2. The lowest BCUT2D eigenvalue weighted by Gasteiger charge is -2.18. The van der Waals surface area contributed by atoms with Crippen molar-refractivity contribution in [3.63, 3.8) is 0 Å². The fraction of sp³-hybridized carbons (Fsp3) is 0.238. The van der Waals surface area contributed by atoms with Gasteiger partial charge in [-0.05, 0) is 30.9 Å². The lowest BCUT2D eigenvalue weighted by atomic mass is 10.1. The summed E-state index contributed by atoms with van der Waals surface area (Å²) in [4.78, 5) is 9.24. The predicted molar refractivity (Wildman–Crippen MR) is 120 cm³/mol. The van der Waals surface area contributed by atoms with Crippen molar-refractivity contribution in [2.75, 3.05) is 6.54 Å². The maximum absolute atomic E-state index is 4.73. The van der Waals surface area contributed by atoms with Crippen molar-refractivity contribution < 1.29 is 0 Å². The Kier molecular flexibility index (Phi) is 7.84. The third kappa shape index (κ3) is 5.17. The van der Waals surface area contributed by atoms with Gasteiger partial charge >= 0.3 is 0 Å². The van der Waals surface area contributed by atoms with Crippen molar-refractivity contribution in [3.8, 4) is 0 Å². The lowest BCUT2D eigenvalue weighted by molar-refractivity contribution is 0.686. The molecular weight excluding hydrogens is 435 g/mol. The Morgan fingerprint density at radius 1 is 1.04 bits per heavy atom. The summed E-state index contributed by atoms with van der Waals surface area (Å²) < 4.78 is 0. The Bertz CT molecular complexity index is 844. The van der Waals surface area contributed by atoms with Crippen LogP contribution in [0.2, 0.25) is 0 Å². The van der Waals surface area contributed by atoms with E-state index in [1.807, 2.05) is 30.5 Å². The molecule has 0 aliphatic heterocycles. The SMILES string of the molecule is CCNC(=NCc1nccc2ccccc12)NC(C)c1ccccc1.I. The molecule has 0 aliphatic carbocycles. The van der Waals surface area contributed by atoms with Crippen LogP contribution in [0.3, 0.4) is 0 Å². The number of guanidine groups is 1. The van der Waals surface area contributed by atoms with Crippen LogP contribution in [-0.4, -0.2) is 17.5 Å². The second-order valence-corrected chi connectivity index (χ2v) is 5.95. The number of pyridine rings is 1. The van der Waals surface area contributed by atoms with E-state index in [4.69, 9.17) is 4.99 Å². The molecule has 1 aromatic heterocycles. The number of hydrogen-bond acceptors (Lipinski definition) is 2. The van der Waals surface area contributed by atoms with Crippen LogP contribution in [-0.2, 0) is 6.54 Å². The number of hydrogen-bond donors (Lipinski definition) is 2. The summed E-state index contributed by atoms with van der Waals surface area (Å²) in [5, 5.41) is 9.12. The van der Waals surface area contributed by atoms with E-state index in [9.17, 15) is 0 Å². The van der Waals surface area contributed by atoms with E-state index in [-0.39, 0.29) is 30.0 Å². The van der Waals surface area contributed by atoms with Gasteiger partial charge < -0.3 is 10.6 Å². The molecule has 4 nitrogen and oxygen atoms in total.